The van der Waals surface area contributed by atoms with Crippen LogP contribution in [0.2, 0.25) is 0 Å². The fourth-order valence-corrected chi connectivity index (χ4v) is 2.64. The van der Waals surface area contributed by atoms with Gasteiger partial charge >= 0.3 is 6.03 Å². The number of carbonyl (C=O) groups excluding carboxylic acids is 1. The van der Waals surface area contributed by atoms with E-state index in [9.17, 15) is 4.79 Å². The Bertz CT molecular complexity index is 374. The normalized spacial score (nSPS) is 15.4. The van der Waals surface area contributed by atoms with Gasteiger partial charge in [-0.2, -0.15) is 0 Å². The molecule has 0 spiro atoms. The fraction of sp³-hybridized carbons (Fsp3) is 0.600. The summed E-state index contributed by atoms with van der Waals surface area (Å²) in [7, 11) is 0. The predicted octanol–water partition coefficient (Wildman–Crippen LogP) is 2.85. The van der Waals surface area contributed by atoms with E-state index in [-0.39, 0.29) is 6.03 Å². The van der Waals surface area contributed by atoms with Crippen molar-refractivity contribution < 1.29 is 4.79 Å². The monoisotopic (exact) mass is 261 g/mol. The van der Waals surface area contributed by atoms with Gasteiger partial charge in [0.15, 0.2) is 0 Å². The molecule has 2 rings (SSSR count). The van der Waals surface area contributed by atoms with Crippen LogP contribution < -0.4 is 10.6 Å². The molecule has 0 atom stereocenters. The lowest BCUT2D eigenvalue weighted by Crippen LogP contribution is -2.35. The second kappa shape index (κ2) is 7.77. The molecule has 4 heteroatoms. The first-order valence-corrected chi connectivity index (χ1v) is 7.25. The molecule has 1 heterocycles. The Morgan fingerprint density at radius 1 is 1.32 bits per heavy atom. The average molecular weight is 261 g/mol. The molecule has 4 nitrogen and oxygen atoms in total. The van der Waals surface area contributed by atoms with Crippen molar-refractivity contribution in [2.45, 2.75) is 45.1 Å². The number of nitrogens with one attached hydrogen (secondary N) is 2. The van der Waals surface area contributed by atoms with Crippen LogP contribution in [-0.4, -0.2) is 17.6 Å². The van der Waals surface area contributed by atoms with Crippen molar-refractivity contribution in [3.05, 3.63) is 30.1 Å². The summed E-state index contributed by atoms with van der Waals surface area (Å²) in [5, 5.41) is 5.74. The third-order valence-electron chi connectivity index (χ3n) is 3.73. The molecule has 2 amide bonds. The highest BCUT2D eigenvalue weighted by molar-refractivity contribution is 5.73. The number of aromatic nitrogens is 1. The number of amides is 2. The van der Waals surface area contributed by atoms with Crippen molar-refractivity contribution in [1.82, 2.24) is 15.6 Å². The van der Waals surface area contributed by atoms with Crippen LogP contribution in [0.4, 0.5) is 4.79 Å². The van der Waals surface area contributed by atoms with E-state index in [4.69, 9.17) is 0 Å². The van der Waals surface area contributed by atoms with Crippen LogP contribution in [0.1, 0.15) is 44.1 Å². The van der Waals surface area contributed by atoms with Gasteiger partial charge in [-0.15, -0.1) is 0 Å². The Morgan fingerprint density at radius 3 is 2.89 bits per heavy atom. The third-order valence-corrected chi connectivity index (χ3v) is 3.73. The van der Waals surface area contributed by atoms with E-state index in [1.54, 1.807) is 12.4 Å². The topological polar surface area (TPSA) is 54.0 Å². The van der Waals surface area contributed by atoms with Gasteiger partial charge in [-0.3, -0.25) is 4.98 Å². The molecule has 1 aromatic rings. The fourth-order valence-electron chi connectivity index (χ4n) is 2.64. The minimum absolute atomic E-state index is 0.0877. The van der Waals surface area contributed by atoms with Crippen LogP contribution in [0, 0.1) is 5.92 Å². The molecule has 2 N–H and O–H groups in total. The van der Waals surface area contributed by atoms with E-state index >= 15 is 0 Å². The van der Waals surface area contributed by atoms with Gasteiger partial charge in [0.25, 0.3) is 0 Å². The largest absolute Gasteiger partial charge is 0.338 e. The molecule has 1 aromatic heterocycles. The first-order valence-electron chi connectivity index (χ1n) is 7.25. The van der Waals surface area contributed by atoms with Gasteiger partial charge < -0.3 is 10.6 Å². The molecule has 1 aliphatic rings. The lowest BCUT2D eigenvalue weighted by Gasteiger charge is -2.10. The summed E-state index contributed by atoms with van der Waals surface area (Å²) in [6, 6.07) is 3.74. The van der Waals surface area contributed by atoms with E-state index in [2.05, 4.69) is 15.6 Å². The molecular formula is C15H23N3O. The van der Waals surface area contributed by atoms with Crippen LogP contribution in [0.25, 0.3) is 0 Å². The van der Waals surface area contributed by atoms with Crippen molar-refractivity contribution in [3.8, 4) is 0 Å². The van der Waals surface area contributed by atoms with E-state index in [1.165, 1.54) is 32.1 Å². The zero-order chi connectivity index (χ0) is 13.3. The zero-order valence-corrected chi connectivity index (χ0v) is 11.4. The van der Waals surface area contributed by atoms with Gasteiger partial charge in [-0.1, -0.05) is 31.7 Å². The van der Waals surface area contributed by atoms with Crippen LogP contribution >= 0.6 is 0 Å². The van der Waals surface area contributed by atoms with E-state index in [0.29, 0.717) is 6.54 Å². The number of rotatable bonds is 6. The Hall–Kier alpha value is -1.58. The van der Waals surface area contributed by atoms with Crippen LogP contribution in [0.15, 0.2) is 24.5 Å². The number of pyridine rings is 1. The zero-order valence-electron chi connectivity index (χ0n) is 11.4. The molecule has 0 aliphatic heterocycles. The van der Waals surface area contributed by atoms with Crippen molar-refractivity contribution in [1.29, 1.82) is 0 Å². The maximum Gasteiger partial charge on any atom is 0.315 e. The molecule has 0 bridgehead atoms. The van der Waals surface area contributed by atoms with Crippen molar-refractivity contribution >= 4 is 6.03 Å². The molecule has 1 saturated carbocycles. The van der Waals surface area contributed by atoms with Crippen LogP contribution in [-0.2, 0) is 6.54 Å². The van der Waals surface area contributed by atoms with Gasteiger partial charge in [0.05, 0.1) is 0 Å². The van der Waals surface area contributed by atoms with Gasteiger partial charge in [0, 0.05) is 25.5 Å². The number of carbonyl (C=O) groups is 1. The second-order valence-corrected chi connectivity index (χ2v) is 5.26. The molecule has 1 aliphatic carbocycles. The number of urea groups is 1. The quantitative estimate of drug-likeness (QED) is 0.774. The highest BCUT2D eigenvalue weighted by Crippen LogP contribution is 2.28. The van der Waals surface area contributed by atoms with Gasteiger partial charge in [-0.05, 0) is 30.4 Å². The molecule has 19 heavy (non-hydrogen) atoms. The summed E-state index contributed by atoms with van der Waals surface area (Å²) in [4.78, 5) is 15.6. The number of hydrogen-bond donors (Lipinski definition) is 2. The maximum absolute atomic E-state index is 11.6. The highest BCUT2D eigenvalue weighted by Gasteiger charge is 2.14. The maximum atomic E-state index is 11.6. The minimum atomic E-state index is -0.0877. The summed E-state index contributed by atoms with van der Waals surface area (Å²) < 4.78 is 0. The Kier molecular flexibility index (Phi) is 5.66. The van der Waals surface area contributed by atoms with Crippen LogP contribution in [0.5, 0.6) is 0 Å². The summed E-state index contributed by atoms with van der Waals surface area (Å²) in [5.74, 6) is 0.903. The van der Waals surface area contributed by atoms with Crippen molar-refractivity contribution in [2.24, 2.45) is 5.92 Å². The molecule has 1 fully saturated rings. The SMILES string of the molecule is O=C(NCCCC1CCCC1)NCc1cccnc1. The predicted molar refractivity (Wildman–Crippen MR) is 75.7 cm³/mol. The van der Waals surface area contributed by atoms with E-state index < -0.39 is 0 Å². The van der Waals surface area contributed by atoms with Crippen LogP contribution in [0.3, 0.4) is 0 Å². The van der Waals surface area contributed by atoms with E-state index in [0.717, 1.165) is 24.4 Å². The minimum Gasteiger partial charge on any atom is -0.338 e. The standard InChI is InChI=1S/C15H23N3O/c19-15(18-12-14-8-3-9-16-11-14)17-10-4-7-13-5-1-2-6-13/h3,8-9,11,13H,1-2,4-7,10,12H2,(H2,17,18,19). The molecule has 0 radical (unpaired) electrons. The smallest absolute Gasteiger partial charge is 0.315 e. The molecule has 0 saturated heterocycles. The Balaban J connectivity index is 1.52. The first-order chi connectivity index (χ1) is 9.34. The number of hydrogen-bond acceptors (Lipinski definition) is 2. The Labute approximate surface area is 115 Å². The average Bonchev–Trinajstić information content (AvgIpc) is 2.96. The Morgan fingerprint density at radius 2 is 2.16 bits per heavy atom. The summed E-state index contributed by atoms with van der Waals surface area (Å²) in [6.45, 7) is 1.30. The molecular weight excluding hydrogens is 238 g/mol. The summed E-state index contributed by atoms with van der Waals surface area (Å²) >= 11 is 0. The molecule has 104 valence electrons. The lowest BCUT2D eigenvalue weighted by atomic mass is 10.0. The number of nitrogens with zero attached hydrogens (tertiary/aromatic N) is 1. The highest BCUT2D eigenvalue weighted by atomic mass is 16.2. The summed E-state index contributed by atoms with van der Waals surface area (Å²) in [6.07, 6.45) is 11.4. The van der Waals surface area contributed by atoms with E-state index in [1.807, 2.05) is 12.1 Å². The molecule has 0 unspecified atom stereocenters. The second-order valence-electron chi connectivity index (χ2n) is 5.26. The van der Waals surface area contributed by atoms with Gasteiger partial charge in [-0.25, -0.2) is 4.79 Å². The van der Waals surface area contributed by atoms with Gasteiger partial charge in [0.1, 0.15) is 0 Å². The first kappa shape index (κ1) is 13.8. The third kappa shape index (κ3) is 5.28. The van der Waals surface area contributed by atoms with Crippen molar-refractivity contribution in [3.63, 3.8) is 0 Å². The lowest BCUT2D eigenvalue weighted by molar-refractivity contribution is 0.240. The van der Waals surface area contributed by atoms with Gasteiger partial charge in [0.2, 0.25) is 0 Å². The van der Waals surface area contributed by atoms with Crippen molar-refractivity contribution in [2.75, 3.05) is 6.54 Å². The summed E-state index contributed by atoms with van der Waals surface area (Å²) in [5.41, 5.74) is 1.02. The molecule has 0 aromatic carbocycles.